The smallest absolute Gasteiger partial charge is 0.250 e. The molecular weight excluding hydrogens is 731 g/mol. The van der Waals surface area contributed by atoms with Crippen molar-refractivity contribution < 1.29 is 28.3 Å². The summed E-state index contributed by atoms with van der Waals surface area (Å²) in [6.07, 6.45) is -1.87. The lowest BCUT2D eigenvalue weighted by molar-refractivity contribution is -0.135. The lowest BCUT2D eigenvalue weighted by atomic mass is 9.72. The minimum absolute atomic E-state index is 0.0872. The quantitative estimate of drug-likeness (QED) is 0.126. The SMILES string of the molecule is CC(C)[C@H](O)C(=O)N[C@H]1Cc2ccc3c(c2)[C@]24c5cccc(c5N[C@H]2O3)-c2cccc3[nH]c(Cl)c(c23)-c2oc(nc2Cl)-c2nc(oc24)[C@@H](C(C)C)NC1=O. The third kappa shape index (κ3) is 4.47. The number of ether oxygens (including phenoxy) is 1. The van der Waals surface area contributed by atoms with Crippen molar-refractivity contribution >= 4 is 51.6 Å². The van der Waals surface area contributed by atoms with Crippen molar-refractivity contribution in [3.05, 3.63) is 93.2 Å². The number of H-pyrrole nitrogens is 1. The van der Waals surface area contributed by atoms with Crippen molar-refractivity contribution in [2.24, 2.45) is 11.8 Å². The summed E-state index contributed by atoms with van der Waals surface area (Å²) in [5, 5.41) is 21.5. The molecular formula is C40H34Cl2N6O6. The summed E-state index contributed by atoms with van der Waals surface area (Å²) < 4.78 is 20.4. The van der Waals surface area contributed by atoms with E-state index in [0.29, 0.717) is 22.2 Å². The van der Waals surface area contributed by atoms with Crippen LogP contribution in [0.3, 0.4) is 0 Å². The van der Waals surface area contributed by atoms with Gasteiger partial charge in [0.1, 0.15) is 34.5 Å². The van der Waals surface area contributed by atoms with Gasteiger partial charge in [0.05, 0.1) is 5.56 Å². The van der Waals surface area contributed by atoms with Crippen molar-refractivity contribution in [3.8, 4) is 39.8 Å². The molecule has 6 aromatic rings. The molecule has 54 heavy (non-hydrogen) atoms. The summed E-state index contributed by atoms with van der Waals surface area (Å²) in [7, 11) is 0. The number of anilines is 1. The predicted octanol–water partition coefficient (Wildman–Crippen LogP) is 7.11. The van der Waals surface area contributed by atoms with Crippen molar-refractivity contribution in [1.82, 2.24) is 25.6 Å². The number of para-hydroxylation sites is 1. The highest BCUT2D eigenvalue weighted by atomic mass is 35.5. The molecule has 0 aliphatic carbocycles. The summed E-state index contributed by atoms with van der Waals surface area (Å²) in [6.45, 7) is 7.36. The number of amides is 2. The van der Waals surface area contributed by atoms with Gasteiger partial charge in [-0.05, 0) is 35.1 Å². The summed E-state index contributed by atoms with van der Waals surface area (Å²) >= 11 is 13.9. The van der Waals surface area contributed by atoms with Crippen LogP contribution in [0.5, 0.6) is 5.75 Å². The molecule has 0 saturated carbocycles. The van der Waals surface area contributed by atoms with Gasteiger partial charge in [0.2, 0.25) is 17.7 Å². The zero-order chi connectivity index (χ0) is 37.4. The van der Waals surface area contributed by atoms with Gasteiger partial charge >= 0.3 is 0 Å². The average Bonchev–Trinajstić information content (AvgIpc) is 3.94. The molecule has 7 heterocycles. The predicted molar refractivity (Wildman–Crippen MR) is 201 cm³/mol. The van der Waals surface area contributed by atoms with Crippen molar-refractivity contribution in [2.45, 2.75) is 63.9 Å². The molecule has 10 bridgehead atoms. The molecule has 0 radical (unpaired) electrons. The molecule has 1 spiro atoms. The second kappa shape index (κ2) is 11.6. The maximum absolute atomic E-state index is 14.2. The second-order valence-electron chi connectivity index (χ2n) is 15.1. The summed E-state index contributed by atoms with van der Waals surface area (Å²) in [4.78, 5) is 40.5. The highest BCUT2D eigenvalue weighted by molar-refractivity contribution is 6.37. The van der Waals surface area contributed by atoms with Crippen LogP contribution in [-0.4, -0.2) is 50.2 Å². The van der Waals surface area contributed by atoms with Crippen molar-refractivity contribution in [2.75, 3.05) is 5.32 Å². The van der Waals surface area contributed by atoms with E-state index in [2.05, 4.69) is 27.0 Å². The Labute approximate surface area is 318 Å². The Morgan fingerprint density at radius 1 is 1.00 bits per heavy atom. The number of aliphatic hydroxyl groups is 1. The minimum Gasteiger partial charge on any atom is -0.469 e. The molecule has 4 aliphatic rings. The van der Waals surface area contributed by atoms with E-state index < -0.39 is 41.6 Å². The lowest BCUT2D eigenvalue weighted by Gasteiger charge is -2.29. The fraction of sp³-hybridized carbons (Fsp3) is 0.300. The van der Waals surface area contributed by atoms with Gasteiger partial charge in [0.15, 0.2) is 28.6 Å². The van der Waals surface area contributed by atoms with Crippen molar-refractivity contribution in [3.63, 3.8) is 0 Å². The Hall–Kier alpha value is -5.30. The van der Waals surface area contributed by atoms with Gasteiger partial charge in [-0.15, -0.1) is 0 Å². The van der Waals surface area contributed by atoms with Crippen LogP contribution in [0.25, 0.3) is 44.9 Å². The molecule has 5 atom stereocenters. The largest absolute Gasteiger partial charge is 0.469 e. The van der Waals surface area contributed by atoms with Crippen LogP contribution in [0.15, 0.2) is 63.4 Å². The third-order valence-corrected chi connectivity index (χ3v) is 11.7. The third-order valence-electron chi connectivity index (χ3n) is 11.2. The first-order valence-corrected chi connectivity index (χ1v) is 18.7. The molecule has 0 fully saturated rings. The highest BCUT2D eigenvalue weighted by Crippen LogP contribution is 2.62. The van der Waals surface area contributed by atoms with E-state index in [9.17, 15) is 14.7 Å². The zero-order valence-electron chi connectivity index (χ0n) is 29.5. The zero-order valence-corrected chi connectivity index (χ0v) is 31.0. The van der Waals surface area contributed by atoms with E-state index in [1.165, 1.54) is 0 Å². The molecule has 10 rings (SSSR count). The average molecular weight is 766 g/mol. The molecule has 3 aromatic carbocycles. The monoisotopic (exact) mass is 764 g/mol. The van der Waals surface area contributed by atoms with E-state index in [-0.39, 0.29) is 46.6 Å². The first-order valence-electron chi connectivity index (χ1n) is 17.9. The number of benzene rings is 3. The fourth-order valence-electron chi connectivity index (χ4n) is 8.52. The second-order valence-corrected chi connectivity index (χ2v) is 15.8. The molecule has 5 N–H and O–H groups in total. The molecule has 2 amide bonds. The fourth-order valence-corrected chi connectivity index (χ4v) is 9.01. The Morgan fingerprint density at radius 3 is 2.59 bits per heavy atom. The molecule has 14 heteroatoms. The van der Waals surface area contributed by atoms with Gasteiger partial charge < -0.3 is 39.6 Å². The molecule has 12 nitrogen and oxygen atoms in total. The van der Waals surface area contributed by atoms with Gasteiger partial charge in [-0.25, -0.2) is 4.98 Å². The Bertz CT molecular complexity index is 2590. The lowest BCUT2D eigenvalue weighted by Crippen LogP contribution is -2.52. The van der Waals surface area contributed by atoms with E-state index in [0.717, 1.165) is 44.4 Å². The standard InChI is InChI=1S/C40H34Cl2N6O6/c1-15(2)27-37-46-29-32(54-37)40-20-9-5-8-19(18-7-6-10-22-25(18)26(33(41)43-22)31-34(42)48-38(29)53-31)28(20)47-39(40)52-24-12-11-17(13-21(24)40)14-23(35(50)45-27)44-36(51)30(49)16(3)4/h5-13,15-16,23,27,30,39,43,47,49H,14H2,1-4H3,(H,44,51)(H,45,50)/t23-,27+,30-,39-,40-/m0/s1. The first-order chi connectivity index (χ1) is 25.9. The van der Waals surface area contributed by atoms with Gasteiger partial charge in [-0.2, -0.15) is 4.98 Å². The van der Waals surface area contributed by atoms with Gasteiger partial charge in [0.25, 0.3) is 5.89 Å². The highest BCUT2D eigenvalue weighted by Gasteiger charge is 2.61. The number of carbonyl (C=O) groups excluding carboxylic acids is 2. The van der Waals surface area contributed by atoms with E-state index in [1.54, 1.807) is 13.8 Å². The number of fused-ring (bicyclic) bond motifs is 7. The number of aromatic amines is 1. The Morgan fingerprint density at radius 2 is 1.80 bits per heavy atom. The van der Waals surface area contributed by atoms with Crippen LogP contribution in [0.1, 0.15) is 62.1 Å². The van der Waals surface area contributed by atoms with E-state index in [4.69, 9.17) is 46.7 Å². The summed E-state index contributed by atoms with van der Waals surface area (Å²) in [6, 6.07) is 16.0. The van der Waals surface area contributed by atoms with Crippen LogP contribution < -0.4 is 20.7 Å². The number of rotatable bonds is 4. The first kappa shape index (κ1) is 33.3. The number of oxazole rings is 2. The number of hydrogen-bond acceptors (Lipinski definition) is 9. The van der Waals surface area contributed by atoms with Crippen molar-refractivity contribution in [1.29, 1.82) is 0 Å². The number of hydrogen-bond donors (Lipinski definition) is 5. The number of carbonyl (C=O) groups is 2. The van der Waals surface area contributed by atoms with Gasteiger partial charge in [-0.3, -0.25) is 9.59 Å². The number of aromatic nitrogens is 3. The normalized spacial score (nSPS) is 22.2. The van der Waals surface area contributed by atoms with Crippen LogP contribution in [0.4, 0.5) is 5.69 Å². The number of nitrogens with one attached hydrogen (secondary N) is 4. The number of aliphatic hydroxyl groups excluding tert-OH is 1. The summed E-state index contributed by atoms with van der Waals surface area (Å²) in [5.41, 5.74) is 5.49. The van der Waals surface area contributed by atoms with Crippen LogP contribution >= 0.6 is 23.2 Å². The minimum atomic E-state index is -1.30. The topological polar surface area (TPSA) is 168 Å². The van der Waals surface area contributed by atoms with Crippen LogP contribution in [0, 0.1) is 11.8 Å². The van der Waals surface area contributed by atoms with E-state index in [1.807, 2.05) is 62.4 Å². The van der Waals surface area contributed by atoms with Crippen LogP contribution in [-0.2, 0) is 21.4 Å². The van der Waals surface area contributed by atoms with Crippen LogP contribution in [0.2, 0.25) is 10.3 Å². The molecule has 0 saturated heterocycles. The van der Waals surface area contributed by atoms with Gasteiger partial charge in [0, 0.05) is 39.7 Å². The summed E-state index contributed by atoms with van der Waals surface area (Å²) in [5.74, 6) is -0.0970. The van der Waals surface area contributed by atoms with E-state index >= 15 is 0 Å². The Balaban J connectivity index is 1.30. The Kier molecular flexibility index (Phi) is 7.15. The maximum Gasteiger partial charge on any atom is 0.250 e. The molecule has 4 aliphatic heterocycles. The molecule has 0 unspecified atom stereocenters. The number of halogens is 2. The number of nitrogens with zero attached hydrogens (tertiary/aromatic N) is 2. The van der Waals surface area contributed by atoms with Gasteiger partial charge in [-0.1, -0.05) is 93.4 Å². The maximum atomic E-state index is 14.2. The molecule has 274 valence electrons. The molecule has 3 aromatic heterocycles.